The first-order chi connectivity index (χ1) is 20.7. The topological polar surface area (TPSA) is 65.1 Å². The molecule has 0 spiro atoms. The zero-order chi connectivity index (χ0) is 30.6. The molecule has 0 radical (unpaired) electrons. The third kappa shape index (κ3) is 6.35. The second kappa shape index (κ2) is 13.2. The Balaban J connectivity index is 1.28. The maximum Gasteiger partial charge on any atom is 0.417 e. The molecular formula is C36H45NO5Si. The lowest BCUT2D eigenvalue weighted by molar-refractivity contribution is -0.129. The molecule has 2 aliphatic rings. The van der Waals surface area contributed by atoms with E-state index in [1.807, 2.05) is 37.3 Å². The Morgan fingerprint density at radius 2 is 1.44 bits per heavy atom. The number of nitrogens with zero attached hydrogens (tertiary/aromatic N) is 1. The molecule has 5 atom stereocenters. The molecular weight excluding hydrogens is 554 g/mol. The van der Waals surface area contributed by atoms with Crippen LogP contribution in [0.15, 0.2) is 91.0 Å². The molecule has 2 amide bonds. The SMILES string of the molecule is CO[C@@H]1C[C@H](CCC(=O)N2C(=O)O[C@@H](c3ccccc3)[C@H]2C)CC[C@H]1O[Si](c1ccccc1)(c1ccccc1)C(C)(C)C. The minimum Gasteiger partial charge on any atom is -0.439 e. The number of amides is 2. The van der Waals surface area contributed by atoms with Gasteiger partial charge in [0.2, 0.25) is 5.91 Å². The Morgan fingerprint density at radius 3 is 1.98 bits per heavy atom. The van der Waals surface area contributed by atoms with Gasteiger partial charge in [-0.1, -0.05) is 112 Å². The molecule has 43 heavy (non-hydrogen) atoms. The van der Waals surface area contributed by atoms with Crippen LogP contribution in [0.4, 0.5) is 4.79 Å². The van der Waals surface area contributed by atoms with Crippen LogP contribution in [0, 0.1) is 5.92 Å². The third-order valence-electron chi connectivity index (χ3n) is 9.32. The van der Waals surface area contributed by atoms with Crippen molar-refractivity contribution in [2.24, 2.45) is 5.92 Å². The van der Waals surface area contributed by atoms with Crippen molar-refractivity contribution in [2.45, 2.75) is 89.2 Å². The maximum atomic E-state index is 13.3. The van der Waals surface area contributed by atoms with E-state index in [-0.39, 0.29) is 29.2 Å². The largest absolute Gasteiger partial charge is 0.439 e. The first-order valence-electron chi connectivity index (χ1n) is 15.5. The highest BCUT2D eigenvalue weighted by Crippen LogP contribution is 2.41. The molecule has 1 saturated heterocycles. The second-order valence-electron chi connectivity index (χ2n) is 13.0. The van der Waals surface area contributed by atoms with E-state index in [1.54, 1.807) is 7.11 Å². The second-order valence-corrected chi connectivity index (χ2v) is 17.3. The molecule has 2 fully saturated rings. The van der Waals surface area contributed by atoms with Crippen molar-refractivity contribution in [3.8, 4) is 0 Å². The van der Waals surface area contributed by atoms with Crippen LogP contribution in [-0.4, -0.2) is 50.6 Å². The zero-order valence-corrected chi connectivity index (χ0v) is 27.1. The molecule has 1 heterocycles. The summed E-state index contributed by atoms with van der Waals surface area (Å²) in [6.07, 6.45) is 2.52. The number of hydrogen-bond donors (Lipinski definition) is 0. The Kier molecular flexibility index (Phi) is 9.54. The number of carbonyl (C=O) groups excluding carboxylic acids is 2. The van der Waals surface area contributed by atoms with E-state index >= 15 is 0 Å². The summed E-state index contributed by atoms with van der Waals surface area (Å²) in [5.74, 6) is 0.141. The van der Waals surface area contributed by atoms with Gasteiger partial charge in [-0.3, -0.25) is 4.79 Å². The lowest BCUT2D eigenvalue weighted by Crippen LogP contribution is -2.68. The minimum absolute atomic E-state index is 0.0523. The number of benzene rings is 3. The first kappa shape index (κ1) is 31.2. The van der Waals surface area contributed by atoms with Crippen LogP contribution in [0.2, 0.25) is 5.04 Å². The maximum absolute atomic E-state index is 13.3. The predicted octanol–water partition coefficient (Wildman–Crippen LogP) is 6.64. The molecule has 1 aliphatic heterocycles. The van der Waals surface area contributed by atoms with Gasteiger partial charge in [0.25, 0.3) is 8.32 Å². The average Bonchev–Trinajstić information content (AvgIpc) is 3.32. The summed E-state index contributed by atoms with van der Waals surface area (Å²) in [5.41, 5.74) is 0.904. The van der Waals surface area contributed by atoms with E-state index in [9.17, 15) is 9.59 Å². The van der Waals surface area contributed by atoms with E-state index in [2.05, 4.69) is 81.4 Å². The molecule has 7 heteroatoms. The lowest BCUT2D eigenvalue weighted by Gasteiger charge is -2.48. The van der Waals surface area contributed by atoms with Gasteiger partial charge >= 0.3 is 6.09 Å². The Bertz CT molecular complexity index is 1320. The van der Waals surface area contributed by atoms with Crippen molar-refractivity contribution in [2.75, 3.05) is 7.11 Å². The van der Waals surface area contributed by atoms with Crippen LogP contribution in [0.1, 0.15) is 71.5 Å². The summed E-state index contributed by atoms with van der Waals surface area (Å²) in [5, 5.41) is 2.41. The average molecular weight is 600 g/mol. The molecule has 3 aromatic rings. The zero-order valence-electron chi connectivity index (χ0n) is 26.1. The van der Waals surface area contributed by atoms with Crippen LogP contribution < -0.4 is 10.4 Å². The highest BCUT2D eigenvalue weighted by molar-refractivity contribution is 6.99. The van der Waals surface area contributed by atoms with Gasteiger partial charge in [0, 0.05) is 13.5 Å². The highest BCUT2D eigenvalue weighted by atomic mass is 28.4. The number of cyclic esters (lactones) is 1. The van der Waals surface area contributed by atoms with Crippen molar-refractivity contribution in [1.82, 2.24) is 4.90 Å². The Morgan fingerprint density at radius 1 is 0.884 bits per heavy atom. The van der Waals surface area contributed by atoms with Crippen molar-refractivity contribution < 1.29 is 23.5 Å². The van der Waals surface area contributed by atoms with Crippen molar-refractivity contribution >= 4 is 30.7 Å². The fraction of sp³-hybridized carbons (Fsp3) is 0.444. The first-order valence-corrected chi connectivity index (χ1v) is 17.5. The number of rotatable bonds is 9. The smallest absolute Gasteiger partial charge is 0.417 e. The number of hydrogen-bond acceptors (Lipinski definition) is 5. The lowest BCUT2D eigenvalue weighted by atomic mass is 9.82. The number of carbonyl (C=O) groups is 2. The van der Waals surface area contributed by atoms with E-state index < -0.39 is 20.5 Å². The Hall–Kier alpha value is -3.26. The van der Waals surface area contributed by atoms with E-state index in [1.165, 1.54) is 15.3 Å². The summed E-state index contributed by atoms with van der Waals surface area (Å²) < 4.78 is 19.1. The number of imide groups is 1. The molecule has 3 aromatic carbocycles. The molecule has 0 aromatic heterocycles. The van der Waals surface area contributed by atoms with Crippen molar-refractivity contribution in [1.29, 1.82) is 0 Å². The number of methoxy groups -OCH3 is 1. The quantitative estimate of drug-likeness (QED) is 0.258. The van der Waals surface area contributed by atoms with E-state index in [4.69, 9.17) is 13.9 Å². The summed E-state index contributed by atoms with van der Waals surface area (Å²) in [6.45, 7) is 8.77. The molecule has 6 nitrogen and oxygen atoms in total. The van der Waals surface area contributed by atoms with Gasteiger partial charge in [-0.2, -0.15) is 0 Å². The van der Waals surface area contributed by atoms with Gasteiger partial charge in [0.15, 0.2) is 0 Å². The Labute approximate surface area is 257 Å². The van der Waals surface area contributed by atoms with Gasteiger partial charge in [-0.15, -0.1) is 0 Å². The van der Waals surface area contributed by atoms with Crippen molar-refractivity contribution in [3.05, 3.63) is 96.6 Å². The predicted molar refractivity (Wildman–Crippen MR) is 172 cm³/mol. The van der Waals surface area contributed by atoms with Crippen LogP contribution in [-0.2, 0) is 18.7 Å². The molecule has 0 unspecified atom stereocenters. The van der Waals surface area contributed by atoms with Gasteiger partial charge in [-0.05, 0) is 59.5 Å². The standard InChI is InChI=1S/C36H45NO5Si/c1-26-34(28-15-9-6-10-16-28)41-35(39)37(26)33(38)24-22-27-21-23-31(32(25-27)40-5)42-43(36(2,3)4,29-17-11-7-12-18-29)30-19-13-8-14-20-30/h6-20,26-27,31-32,34H,21-25H2,1-5H3/t26-,27+,31-,32-,34-/m1/s1. The molecule has 1 aliphatic carbocycles. The normalized spacial score (nSPS) is 24.5. The van der Waals surface area contributed by atoms with Crippen LogP contribution >= 0.6 is 0 Å². The van der Waals surface area contributed by atoms with Crippen molar-refractivity contribution in [3.63, 3.8) is 0 Å². The third-order valence-corrected chi connectivity index (χ3v) is 14.4. The van der Waals surface area contributed by atoms with E-state index in [0.717, 1.165) is 24.8 Å². The number of ether oxygens (including phenoxy) is 2. The molecule has 0 N–H and O–H groups in total. The molecule has 0 bridgehead atoms. The van der Waals surface area contributed by atoms with Crippen LogP contribution in [0.5, 0.6) is 0 Å². The van der Waals surface area contributed by atoms with Crippen LogP contribution in [0.25, 0.3) is 0 Å². The fourth-order valence-corrected chi connectivity index (χ4v) is 11.8. The molecule has 5 rings (SSSR count). The van der Waals surface area contributed by atoms with Gasteiger partial charge in [0.05, 0.1) is 18.2 Å². The summed E-state index contributed by atoms with van der Waals surface area (Å²) in [7, 11) is -0.944. The van der Waals surface area contributed by atoms with Crippen LogP contribution in [0.3, 0.4) is 0 Å². The minimum atomic E-state index is -2.71. The summed E-state index contributed by atoms with van der Waals surface area (Å²) in [4.78, 5) is 27.3. The summed E-state index contributed by atoms with van der Waals surface area (Å²) >= 11 is 0. The molecule has 228 valence electrons. The monoisotopic (exact) mass is 599 g/mol. The highest BCUT2D eigenvalue weighted by Gasteiger charge is 2.53. The van der Waals surface area contributed by atoms with E-state index in [0.29, 0.717) is 18.8 Å². The summed E-state index contributed by atoms with van der Waals surface area (Å²) in [6, 6.07) is 30.7. The van der Waals surface area contributed by atoms with Gasteiger partial charge in [0.1, 0.15) is 6.10 Å². The fourth-order valence-electron chi connectivity index (χ4n) is 7.08. The van der Waals surface area contributed by atoms with Gasteiger partial charge < -0.3 is 13.9 Å². The molecule has 1 saturated carbocycles. The van der Waals surface area contributed by atoms with Gasteiger partial charge in [-0.25, -0.2) is 9.69 Å².